The van der Waals surface area contributed by atoms with E-state index in [0.29, 0.717) is 6.04 Å². The van der Waals surface area contributed by atoms with Crippen LogP contribution in [0.4, 0.5) is 0 Å². The minimum absolute atomic E-state index is 0.119. The fourth-order valence-electron chi connectivity index (χ4n) is 3.06. The van der Waals surface area contributed by atoms with Crippen LogP contribution in [-0.4, -0.2) is 30.3 Å². The summed E-state index contributed by atoms with van der Waals surface area (Å²) in [7, 11) is 2.23. The average molecular weight is 183 g/mol. The van der Waals surface area contributed by atoms with Crippen molar-refractivity contribution in [3.8, 4) is 0 Å². The first-order valence-electron chi connectivity index (χ1n) is 5.57. The SMILES string of the molecule is CC[C@H]1CCC[C@]12OC[C@@H](C)N2C. The Labute approximate surface area is 81.3 Å². The van der Waals surface area contributed by atoms with Crippen LogP contribution in [0.1, 0.15) is 39.5 Å². The van der Waals surface area contributed by atoms with Gasteiger partial charge in [-0.25, -0.2) is 0 Å². The van der Waals surface area contributed by atoms with Crippen LogP contribution in [0.2, 0.25) is 0 Å². The van der Waals surface area contributed by atoms with Crippen molar-refractivity contribution in [2.45, 2.75) is 51.3 Å². The van der Waals surface area contributed by atoms with Crippen molar-refractivity contribution in [1.82, 2.24) is 4.90 Å². The summed E-state index contributed by atoms with van der Waals surface area (Å²) >= 11 is 0. The second-order valence-electron chi connectivity index (χ2n) is 4.61. The van der Waals surface area contributed by atoms with E-state index in [0.717, 1.165) is 12.5 Å². The fraction of sp³-hybridized carbons (Fsp3) is 1.00. The lowest BCUT2D eigenvalue weighted by Gasteiger charge is -2.37. The van der Waals surface area contributed by atoms with Gasteiger partial charge in [0.2, 0.25) is 0 Å². The molecule has 13 heavy (non-hydrogen) atoms. The van der Waals surface area contributed by atoms with E-state index in [1.54, 1.807) is 0 Å². The van der Waals surface area contributed by atoms with Crippen LogP contribution in [0.3, 0.4) is 0 Å². The van der Waals surface area contributed by atoms with Crippen molar-refractivity contribution in [3.63, 3.8) is 0 Å². The molecular weight excluding hydrogens is 162 g/mol. The molecule has 2 aliphatic rings. The van der Waals surface area contributed by atoms with Crippen LogP contribution in [0.15, 0.2) is 0 Å². The van der Waals surface area contributed by atoms with Gasteiger partial charge in [0.1, 0.15) is 5.72 Å². The lowest BCUT2D eigenvalue weighted by Crippen LogP contribution is -2.47. The monoisotopic (exact) mass is 183 g/mol. The maximum absolute atomic E-state index is 6.06. The molecule has 0 radical (unpaired) electrons. The molecular formula is C11H21NO. The van der Waals surface area contributed by atoms with Gasteiger partial charge in [-0.3, -0.25) is 4.90 Å². The van der Waals surface area contributed by atoms with Gasteiger partial charge in [0.05, 0.1) is 6.61 Å². The van der Waals surface area contributed by atoms with Crippen LogP contribution in [0, 0.1) is 5.92 Å². The first-order valence-corrected chi connectivity index (χ1v) is 5.57. The van der Waals surface area contributed by atoms with Gasteiger partial charge in [0.25, 0.3) is 0 Å². The molecule has 1 heterocycles. The van der Waals surface area contributed by atoms with Gasteiger partial charge in [-0.1, -0.05) is 6.92 Å². The highest BCUT2D eigenvalue weighted by Crippen LogP contribution is 2.46. The zero-order valence-electron chi connectivity index (χ0n) is 9.05. The van der Waals surface area contributed by atoms with Crippen molar-refractivity contribution in [2.75, 3.05) is 13.7 Å². The van der Waals surface area contributed by atoms with Crippen molar-refractivity contribution < 1.29 is 4.74 Å². The lowest BCUT2D eigenvalue weighted by molar-refractivity contribution is -0.104. The van der Waals surface area contributed by atoms with Crippen LogP contribution in [0.5, 0.6) is 0 Å². The molecule has 1 saturated carbocycles. The number of nitrogens with zero attached hydrogens (tertiary/aromatic N) is 1. The van der Waals surface area contributed by atoms with E-state index in [1.807, 2.05) is 0 Å². The highest BCUT2D eigenvalue weighted by atomic mass is 16.5. The van der Waals surface area contributed by atoms with E-state index in [4.69, 9.17) is 4.74 Å². The van der Waals surface area contributed by atoms with Crippen LogP contribution >= 0.6 is 0 Å². The topological polar surface area (TPSA) is 12.5 Å². The van der Waals surface area contributed by atoms with Gasteiger partial charge in [0.15, 0.2) is 0 Å². The minimum atomic E-state index is 0.119. The maximum Gasteiger partial charge on any atom is 0.124 e. The first kappa shape index (κ1) is 9.47. The van der Waals surface area contributed by atoms with E-state index in [-0.39, 0.29) is 5.72 Å². The molecule has 2 nitrogen and oxygen atoms in total. The standard InChI is InChI=1S/C11H21NO/c1-4-10-6-5-7-11(10)12(3)9(2)8-13-11/h9-10H,4-8H2,1-3H3/t9-,10+,11+/m1/s1. The molecule has 0 amide bonds. The van der Waals surface area contributed by atoms with Crippen molar-refractivity contribution in [2.24, 2.45) is 5.92 Å². The van der Waals surface area contributed by atoms with Crippen molar-refractivity contribution in [3.05, 3.63) is 0 Å². The quantitative estimate of drug-likeness (QED) is 0.618. The smallest absolute Gasteiger partial charge is 0.124 e. The van der Waals surface area contributed by atoms with Crippen LogP contribution in [-0.2, 0) is 4.74 Å². The Bertz CT molecular complexity index is 191. The third kappa shape index (κ3) is 1.23. The number of rotatable bonds is 1. The Morgan fingerprint density at radius 2 is 2.31 bits per heavy atom. The molecule has 2 heteroatoms. The second kappa shape index (κ2) is 3.25. The van der Waals surface area contributed by atoms with Gasteiger partial charge in [0, 0.05) is 12.0 Å². The van der Waals surface area contributed by atoms with Crippen LogP contribution < -0.4 is 0 Å². The summed E-state index contributed by atoms with van der Waals surface area (Å²) in [6.07, 6.45) is 5.20. The second-order valence-corrected chi connectivity index (χ2v) is 4.61. The Morgan fingerprint density at radius 1 is 1.54 bits per heavy atom. The zero-order valence-corrected chi connectivity index (χ0v) is 9.05. The third-order valence-corrected chi connectivity index (χ3v) is 4.05. The normalized spacial score (nSPS) is 46.4. The van der Waals surface area contributed by atoms with Gasteiger partial charge in [-0.15, -0.1) is 0 Å². The van der Waals surface area contributed by atoms with Crippen LogP contribution in [0.25, 0.3) is 0 Å². The van der Waals surface area contributed by atoms with Gasteiger partial charge >= 0.3 is 0 Å². The van der Waals surface area contributed by atoms with Gasteiger partial charge in [-0.05, 0) is 39.7 Å². The summed E-state index contributed by atoms with van der Waals surface area (Å²) in [6, 6.07) is 0.604. The van der Waals surface area contributed by atoms with Crippen molar-refractivity contribution in [1.29, 1.82) is 0 Å². The Kier molecular flexibility index (Phi) is 2.37. The predicted molar refractivity (Wildman–Crippen MR) is 53.5 cm³/mol. The molecule has 2 fully saturated rings. The molecule has 1 saturated heterocycles. The van der Waals surface area contributed by atoms with E-state index in [9.17, 15) is 0 Å². The lowest BCUT2D eigenvalue weighted by atomic mass is 9.95. The summed E-state index contributed by atoms with van der Waals surface area (Å²) in [5.41, 5.74) is 0.119. The molecule has 0 bridgehead atoms. The van der Waals surface area contributed by atoms with Gasteiger partial charge < -0.3 is 4.74 Å². The molecule has 0 aromatic rings. The highest BCUT2D eigenvalue weighted by molar-refractivity contribution is 4.97. The molecule has 1 aliphatic carbocycles. The number of ether oxygens (including phenoxy) is 1. The molecule has 3 atom stereocenters. The Balaban J connectivity index is 2.19. The zero-order chi connectivity index (χ0) is 9.47. The molecule has 0 N–H and O–H groups in total. The minimum Gasteiger partial charge on any atom is -0.359 e. The fourth-order valence-corrected chi connectivity index (χ4v) is 3.06. The molecule has 1 aliphatic heterocycles. The Morgan fingerprint density at radius 3 is 2.85 bits per heavy atom. The van der Waals surface area contributed by atoms with E-state index < -0.39 is 0 Å². The number of hydrogen-bond acceptors (Lipinski definition) is 2. The number of hydrogen-bond donors (Lipinski definition) is 0. The third-order valence-electron chi connectivity index (χ3n) is 4.05. The summed E-state index contributed by atoms with van der Waals surface area (Å²) in [4.78, 5) is 2.47. The Hall–Kier alpha value is -0.0800. The summed E-state index contributed by atoms with van der Waals surface area (Å²) in [5.74, 6) is 0.766. The summed E-state index contributed by atoms with van der Waals surface area (Å²) < 4.78 is 6.06. The summed E-state index contributed by atoms with van der Waals surface area (Å²) in [5, 5.41) is 0. The maximum atomic E-state index is 6.06. The predicted octanol–water partition coefficient (Wildman–Crippen LogP) is 2.24. The van der Waals surface area contributed by atoms with E-state index in [1.165, 1.54) is 25.7 Å². The molecule has 0 unspecified atom stereocenters. The van der Waals surface area contributed by atoms with Crippen molar-refractivity contribution >= 4 is 0 Å². The molecule has 0 aromatic heterocycles. The highest BCUT2D eigenvalue weighted by Gasteiger charge is 2.51. The molecule has 2 rings (SSSR count). The summed E-state index contributed by atoms with van der Waals surface area (Å²) in [6.45, 7) is 5.48. The van der Waals surface area contributed by atoms with E-state index >= 15 is 0 Å². The first-order chi connectivity index (χ1) is 6.20. The molecule has 76 valence electrons. The average Bonchev–Trinajstić information content (AvgIpc) is 2.67. The van der Waals surface area contributed by atoms with Gasteiger partial charge in [-0.2, -0.15) is 0 Å². The molecule has 1 spiro atoms. The largest absolute Gasteiger partial charge is 0.359 e. The van der Waals surface area contributed by atoms with E-state index in [2.05, 4.69) is 25.8 Å². The number of likely N-dealkylation sites (N-methyl/N-ethyl adjacent to an activating group) is 1. The molecule has 0 aromatic carbocycles.